The van der Waals surface area contributed by atoms with E-state index in [-0.39, 0.29) is 0 Å². The Morgan fingerprint density at radius 1 is 1.00 bits per heavy atom. The summed E-state index contributed by atoms with van der Waals surface area (Å²) < 4.78 is 11.2. The molecule has 0 amide bonds. The number of piperazine rings is 1. The van der Waals surface area contributed by atoms with E-state index in [2.05, 4.69) is 16.8 Å². The van der Waals surface area contributed by atoms with E-state index in [9.17, 15) is 0 Å². The van der Waals surface area contributed by atoms with E-state index in [0.29, 0.717) is 19.0 Å². The SMILES string of the molecule is CN1CCN(CC2CCC3OCOC3C2)CC1. The molecular formula is C13H24N2O2. The minimum absolute atomic E-state index is 0.390. The summed E-state index contributed by atoms with van der Waals surface area (Å²) >= 11 is 0. The third-order valence-corrected chi connectivity index (χ3v) is 4.52. The van der Waals surface area contributed by atoms with E-state index in [4.69, 9.17) is 9.47 Å². The van der Waals surface area contributed by atoms with E-state index in [1.165, 1.54) is 52.0 Å². The number of fused-ring (bicyclic) bond motifs is 1. The van der Waals surface area contributed by atoms with Crippen molar-refractivity contribution in [2.75, 3.05) is 46.6 Å². The smallest absolute Gasteiger partial charge is 0.147 e. The van der Waals surface area contributed by atoms with Crippen LogP contribution in [0, 0.1) is 5.92 Å². The summed E-state index contributed by atoms with van der Waals surface area (Å²) in [5.41, 5.74) is 0. The molecule has 0 aromatic heterocycles. The summed E-state index contributed by atoms with van der Waals surface area (Å²) in [5, 5.41) is 0. The molecule has 3 atom stereocenters. The lowest BCUT2D eigenvalue weighted by atomic mass is 9.85. The molecule has 1 aliphatic carbocycles. The van der Waals surface area contributed by atoms with E-state index < -0.39 is 0 Å². The first-order valence-electron chi connectivity index (χ1n) is 6.95. The molecule has 0 aromatic carbocycles. The minimum atomic E-state index is 0.390. The van der Waals surface area contributed by atoms with Crippen molar-refractivity contribution in [1.29, 1.82) is 0 Å². The fraction of sp³-hybridized carbons (Fsp3) is 1.00. The monoisotopic (exact) mass is 240 g/mol. The molecule has 0 spiro atoms. The molecular weight excluding hydrogens is 216 g/mol. The minimum Gasteiger partial charge on any atom is -0.349 e. The van der Waals surface area contributed by atoms with Gasteiger partial charge in [0.2, 0.25) is 0 Å². The highest BCUT2D eigenvalue weighted by Crippen LogP contribution is 2.32. The molecule has 0 N–H and O–H groups in total. The number of rotatable bonds is 2. The Hall–Kier alpha value is -0.160. The second-order valence-corrected chi connectivity index (χ2v) is 5.81. The van der Waals surface area contributed by atoms with Crippen LogP contribution < -0.4 is 0 Å². The second-order valence-electron chi connectivity index (χ2n) is 5.81. The first-order chi connectivity index (χ1) is 8.31. The average molecular weight is 240 g/mol. The van der Waals surface area contributed by atoms with Gasteiger partial charge in [0.15, 0.2) is 0 Å². The zero-order valence-corrected chi connectivity index (χ0v) is 10.8. The fourth-order valence-electron chi connectivity index (χ4n) is 3.33. The van der Waals surface area contributed by atoms with E-state index in [1.807, 2.05) is 0 Å². The van der Waals surface area contributed by atoms with Gasteiger partial charge in [-0.3, -0.25) is 0 Å². The van der Waals surface area contributed by atoms with Gasteiger partial charge in [0.05, 0.1) is 12.2 Å². The maximum atomic E-state index is 5.64. The van der Waals surface area contributed by atoms with Crippen LogP contribution in [0.2, 0.25) is 0 Å². The summed E-state index contributed by atoms with van der Waals surface area (Å²) in [6, 6.07) is 0. The molecule has 3 fully saturated rings. The number of likely N-dealkylation sites (N-methyl/N-ethyl adjacent to an activating group) is 1. The Balaban J connectivity index is 1.46. The van der Waals surface area contributed by atoms with Gasteiger partial charge in [-0.05, 0) is 32.2 Å². The van der Waals surface area contributed by atoms with Crippen LogP contribution in [0.3, 0.4) is 0 Å². The molecule has 2 heterocycles. The topological polar surface area (TPSA) is 24.9 Å². The number of nitrogens with zero attached hydrogens (tertiary/aromatic N) is 2. The molecule has 3 rings (SSSR count). The maximum absolute atomic E-state index is 5.64. The van der Waals surface area contributed by atoms with Crippen molar-refractivity contribution < 1.29 is 9.47 Å². The van der Waals surface area contributed by atoms with Crippen LogP contribution in [0.25, 0.3) is 0 Å². The Labute approximate surface area is 104 Å². The quantitative estimate of drug-likeness (QED) is 0.712. The van der Waals surface area contributed by atoms with Crippen molar-refractivity contribution in [2.45, 2.75) is 31.5 Å². The van der Waals surface area contributed by atoms with Crippen LogP contribution in [-0.2, 0) is 9.47 Å². The highest BCUT2D eigenvalue weighted by molar-refractivity contribution is 4.85. The molecule has 1 saturated carbocycles. The van der Waals surface area contributed by atoms with Crippen molar-refractivity contribution in [1.82, 2.24) is 9.80 Å². The van der Waals surface area contributed by atoms with Crippen molar-refractivity contribution in [3.05, 3.63) is 0 Å². The van der Waals surface area contributed by atoms with Crippen LogP contribution in [0.4, 0.5) is 0 Å². The third kappa shape index (κ3) is 2.81. The Morgan fingerprint density at radius 2 is 1.76 bits per heavy atom. The molecule has 2 aliphatic heterocycles. The van der Waals surface area contributed by atoms with Crippen molar-refractivity contribution in [3.8, 4) is 0 Å². The average Bonchev–Trinajstić information content (AvgIpc) is 2.79. The molecule has 3 aliphatic rings. The van der Waals surface area contributed by atoms with Gasteiger partial charge in [-0.15, -0.1) is 0 Å². The summed E-state index contributed by atoms with van der Waals surface area (Å²) in [7, 11) is 2.21. The van der Waals surface area contributed by atoms with Crippen LogP contribution in [-0.4, -0.2) is 68.6 Å². The van der Waals surface area contributed by atoms with Gasteiger partial charge < -0.3 is 19.3 Å². The van der Waals surface area contributed by atoms with Crippen molar-refractivity contribution >= 4 is 0 Å². The lowest BCUT2D eigenvalue weighted by molar-refractivity contribution is 0.0373. The molecule has 4 heteroatoms. The predicted molar refractivity (Wildman–Crippen MR) is 65.9 cm³/mol. The second kappa shape index (κ2) is 5.22. The molecule has 0 aromatic rings. The lowest BCUT2D eigenvalue weighted by Crippen LogP contribution is -2.47. The van der Waals surface area contributed by atoms with Gasteiger partial charge in [-0.25, -0.2) is 0 Å². The number of hydrogen-bond acceptors (Lipinski definition) is 4. The third-order valence-electron chi connectivity index (χ3n) is 4.52. The van der Waals surface area contributed by atoms with E-state index in [1.54, 1.807) is 0 Å². The van der Waals surface area contributed by atoms with Crippen LogP contribution >= 0.6 is 0 Å². The fourth-order valence-corrected chi connectivity index (χ4v) is 3.33. The number of hydrogen-bond donors (Lipinski definition) is 0. The Bertz CT molecular complexity index is 254. The molecule has 3 unspecified atom stereocenters. The largest absolute Gasteiger partial charge is 0.349 e. The standard InChI is InChI=1S/C13H24N2O2/c1-14-4-6-15(7-5-14)9-11-2-3-12-13(8-11)17-10-16-12/h11-13H,2-10H2,1H3. The zero-order chi connectivity index (χ0) is 11.7. The van der Waals surface area contributed by atoms with Gasteiger partial charge in [-0.2, -0.15) is 0 Å². The first-order valence-corrected chi connectivity index (χ1v) is 6.95. The lowest BCUT2D eigenvalue weighted by Gasteiger charge is -2.37. The molecule has 2 saturated heterocycles. The summed E-state index contributed by atoms with van der Waals surface area (Å²) in [5.74, 6) is 0.821. The summed E-state index contributed by atoms with van der Waals surface area (Å²) in [6.45, 7) is 6.70. The molecule has 17 heavy (non-hydrogen) atoms. The predicted octanol–water partition coefficient (Wildman–Crippen LogP) is 0.775. The van der Waals surface area contributed by atoms with Crippen LogP contribution in [0.1, 0.15) is 19.3 Å². The highest BCUT2D eigenvalue weighted by atomic mass is 16.7. The Morgan fingerprint density at radius 3 is 2.59 bits per heavy atom. The normalized spacial score (nSPS) is 40.4. The number of ether oxygens (including phenoxy) is 2. The van der Waals surface area contributed by atoms with E-state index in [0.717, 1.165) is 5.92 Å². The zero-order valence-electron chi connectivity index (χ0n) is 10.8. The van der Waals surface area contributed by atoms with Gasteiger partial charge in [0, 0.05) is 32.7 Å². The van der Waals surface area contributed by atoms with Crippen molar-refractivity contribution in [3.63, 3.8) is 0 Å². The first kappa shape index (κ1) is 11.9. The molecule has 0 radical (unpaired) electrons. The van der Waals surface area contributed by atoms with Crippen LogP contribution in [0.5, 0.6) is 0 Å². The van der Waals surface area contributed by atoms with Gasteiger partial charge in [0.1, 0.15) is 6.79 Å². The Kier molecular flexibility index (Phi) is 3.66. The molecule has 4 nitrogen and oxygen atoms in total. The summed E-state index contributed by atoms with van der Waals surface area (Å²) in [4.78, 5) is 5.04. The molecule has 98 valence electrons. The summed E-state index contributed by atoms with van der Waals surface area (Å²) in [6.07, 6.45) is 4.51. The van der Waals surface area contributed by atoms with Gasteiger partial charge in [0.25, 0.3) is 0 Å². The highest BCUT2D eigenvalue weighted by Gasteiger charge is 2.36. The maximum Gasteiger partial charge on any atom is 0.147 e. The molecule has 0 bridgehead atoms. The van der Waals surface area contributed by atoms with Crippen LogP contribution in [0.15, 0.2) is 0 Å². The van der Waals surface area contributed by atoms with E-state index >= 15 is 0 Å². The van der Waals surface area contributed by atoms with Gasteiger partial charge >= 0.3 is 0 Å². The van der Waals surface area contributed by atoms with Gasteiger partial charge in [-0.1, -0.05) is 0 Å². The van der Waals surface area contributed by atoms with Crippen molar-refractivity contribution in [2.24, 2.45) is 5.92 Å².